The van der Waals surface area contributed by atoms with Crippen LogP contribution in [0, 0.1) is 0 Å². The molecule has 0 unspecified atom stereocenters. The van der Waals surface area contributed by atoms with E-state index in [1.165, 1.54) is 11.1 Å². The number of fused-ring (bicyclic) bond motifs is 1. The summed E-state index contributed by atoms with van der Waals surface area (Å²) in [6.07, 6.45) is 8.34. The molecular formula is C14H12N2O. The van der Waals surface area contributed by atoms with Crippen molar-refractivity contribution < 1.29 is 4.74 Å². The van der Waals surface area contributed by atoms with Gasteiger partial charge in [0.25, 0.3) is 0 Å². The van der Waals surface area contributed by atoms with Gasteiger partial charge in [-0.1, -0.05) is 12.1 Å². The van der Waals surface area contributed by atoms with E-state index in [0.717, 1.165) is 24.5 Å². The molecule has 0 bridgehead atoms. The molecule has 0 N–H and O–H groups in total. The summed E-state index contributed by atoms with van der Waals surface area (Å²) in [5.74, 6) is 1.02. The molecule has 0 atom stereocenters. The quantitative estimate of drug-likeness (QED) is 0.786. The van der Waals surface area contributed by atoms with Crippen LogP contribution in [0.4, 0.5) is 0 Å². The van der Waals surface area contributed by atoms with E-state index in [-0.39, 0.29) is 0 Å². The Morgan fingerprint density at radius 2 is 2.18 bits per heavy atom. The molecule has 84 valence electrons. The standard InChI is InChI=1S/C14H12N2O/c1(3-13-5-7-15-10-16-13)11-2-4-14-12(9-11)6-8-17-14/h1-5,7,9-10H,6,8H2/b3-1+. The number of aromatic nitrogens is 2. The van der Waals surface area contributed by atoms with Crippen molar-refractivity contribution in [1.82, 2.24) is 9.97 Å². The lowest BCUT2D eigenvalue weighted by Crippen LogP contribution is -1.85. The van der Waals surface area contributed by atoms with E-state index in [1.807, 2.05) is 18.2 Å². The second-order valence-corrected chi connectivity index (χ2v) is 3.93. The summed E-state index contributed by atoms with van der Waals surface area (Å²) in [5, 5.41) is 0. The van der Waals surface area contributed by atoms with Crippen molar-refractivity contribution in [1.29, 1.82) is 0 Å². The molecule has 1 aliphatic rings. The maximum Gasteiger partial charge on any atom is 0.122 e. The molecule has 3 rings (SSSR count). The first kappa shape index (κ1) is 10.0. The Bertz CT molecular complexity index is 549. The lowest BCUT2D eigenvalue weighted by atomic mass is 10.1. The van der Waals surface area contributed by atoms with Gasteiger partial charge < -0.3 is 4.74 Å². The minimum atomic E-state index is 0.800. The Labute approximate surface area is 99.8 Å². The minimum absolute atomic E-state index is 0.800. The zero-order valence-corrected chi connectivity index (χ0v) is 9.34. The van der Waals surface area contributed by atoms with Crippen LogP contribution in [0.3, 0.4) is 0 Å². The number of benzene rings is 1. The average molecular weight is 224 g/mol. The number of nitrogens with zero attached hydrogens (tertiary/aromatic N) is 2. The average Bonchev–Trinajstić information content (AvgIpc) is 2.85. The van der Waals surface area contributed by atoms with E-state index in [2.05, 4.69) is 28.2 Å². The van der Waals surface area contributed by atoms with Gasteiger partial charge >= 0.3 is 0 Å². The molecule has 3 nitrogen and oxygen atoms in total. The van der Waals surface area contributed by atoms with E-state index in [1.54, 1.807) is 12.5 Å². The summed E-state index contributed by atoms with van der Waals surface area (Å²) >= 11 is 0. The Kier molecular flexibility index (Phi) is 2.58. The molecule has 3 heteroatoms. The van der Waals surface area contributed by atoms with Crippen LogP contribution < -0.4 is 4.74 Å². The maximum absolute atomic E-state index is 5.47. The van der Waals surface area contributed by atoms with Gasteiger partial charge in [-0.15, -0.1) is 0 Å². The van der Waals surface area contributed by atoms with Gasteiger partial charge in [-0.3, -0.25) is 0 Å². The molecule has 2 heterocycles. The zero-order valence-electron chi connectivity index (χ0n) is 9.34. The van der Waals surface area contributed by atoms with Crippen LogP contribution in [0.25, 0.3) is 12.2 Å². The van der Waals surface area contributed by atoms with Gasteiger partial charge in [0, 0.05) is 12.6 Å². The topological polar surface area (TPSA) is 35.0 Å². The molecule has 2 aromatic rings. The first-order chi connectivity index (χ1) is 8.42. The number of rotatable bonds is 2. The smallest absolute Gasteiger partial charge is 0.122 e. The van der Waals surface area contributed by atoms with Crippen LogP contribution in [0.5, 0.6) is 5.75 Å². The maximum atomic E-state index is 5.47. The molecule has 0 saturated heterocycles. The summed E-state index contributed by atoms with van der Waals surface area (Å²) < 4.78 is 5.47. The van der Waals surface area contributed by atoms with Crippen LogP contribution >= 0.6 is 0 Å². The summed E-state index contributed by atoms with van der Waals surface area (Å²) in [5.41, 5.74) is 3.37. The van der Waals surface area contributed by atoms with Crippen LogP contribution in [0.15, 0.2) is 36.8 Å². The van der Waals surface area contributed by atoms with Crippen LogP contribution in [0.2, 0.25) is 0 Å². The van der Waals surface area contributed by atoms with Crippen molar-refractivity contribution in [2.24, 2.45) is 0 Å². The van der Waals surface area contributed by atoms with Gasteiger partial charge in [0.05, 0.1) is 12.3 Å². The molecule has 1 aromatic heterocycles. The zero-order chi connectivity index (χ0) is 11.5. The van der Waals surface area contributed by atoms with E-state index in [9.17, 15) is 0 Å². The fraction of sp³-hybridized carbons (Fsp3) is 0.143. The summed E-state index contributed by atoms with van der Waals surface area (Å²) in [4.78, 5) is 8.03. The van der Waals surface area contributed by atoms with Crippen LogP contribution in [-0.4, -0.2) is 16.6 Å². The fourth-order valence-corrected chi connectivity index (χ4v) is 1.89. The normalized spacial score (nSPS) is 13.6. The van der Waals surface area contributed by atoms with E-state index >= 15 is 0 Å². The lowest BCUT2D eigenvalue weighted by Gasteiger charge is -1.99. The second kappa shape index (κ2) is 4.37. The van der Waals surface area contributed by atoms with Crippen molar-refractivity contribution in [3.05, 3.63) is 53.6 Å². The molecule has 1 aromatic carbocycles. The Hall–Kier alpha value is -2.16. The Morgan fingerprint density at radius 1 is 1.18 bits per heavy atom. The summed E-state index contributed by atoms with van der Waals surface area (Å²) in [6.45, 7) is 0.800. The largest absolute Gasteiger partial charge is 0.493 e. The van der Waals surface area contributed by atoms with Crippen molar-refractivity contribution in [2.75, 3.05) is 6.61 Å². The highest BCUT2D eigenvalue weighted by Gasteiger charge is 2.10. The number of ether oxygens (including phenoxy) is 1. The molecule has 0 radical (unpaired) electrons. The van der Waals surface area contributed by atoms with Crippen molar-refractivity contribution in [3.8, 4) is 5.75 Å². The van der Waals surface area contributed by atoms with Crippen LogP contribution in [0.1, 0.15) is 16.8 Å². The predicted octanol–water partition coefficient (Wildman–Crippen LogP) is 2.58. The molecule has 0 saturated carbocycles. The van der Waals surface area contributed by atoms with Gasteiger partial charge in [0.1, 0.15) is 12.1 Å². The van der Waals surface area contributed by atoms with E-state index < -0.39 is 0 Å². The number of hydrogen-bond acceptors (Lipinski definition) is 3. The van der Waals surface area contributed by atoms with E-state index in [0.29, 0.717) is 0 Å². The van der Waals surface area contributed by atoms with Gasteiger partial charge in [-0.2, -0.15) is 0 Å². The summed E-state index contributed by atoms with van der Waals surface area (Å²) in [6, 6.07) is 8.14. The first-order valence-corrected chi connectivity index (χ1v) is 5.62. The second-order valence-electron chi connectivity index (χ2n) is 3.93. The highest BCUT2D eigenvalue weighted by molar-refractivity contribution is 5.68. The highest BCUT2D eigenvalue weighted by Crippen LogP contribution is 2.26. The molecule has 0 spiro atoms. The van der Waals surface area contributed by atoms with Gasteiger partial charge in [0.2, 0.25) is 0 Å². The lowest BCUT2D eigenvalue weighted by molar-refractivity contribution is 0.357. The third kappa shape index (κ3) is 2.18. The van der Waals surface area contributed by atoms with Crippen molar-refractivity contribution in [2.45, 2.75) is 6.42 Å². The fourth-order valence-electron chi connectivity index (χ4n) is 1.89. The number of hydrogen-bond donors (Lipinski definition) is 0. The van der Waals surface area contributed by atoms with Crippen molar-refractivity contribution in [3.63, 3.8) is 0 Å². The molecule has 0 fully saturated rings. The Morgan fingerprint density at radius 3 is 3.06 bits per heavy atom. The molecular weight excluding hydrogens is 212 g/mol. The SMILES string of the molecule is C(=C\c1ccncn1)/c1ccc2c(c1)CCO2. The third-order valence-electron chi connectivity index (χ3n) is 2.76. The molecule has 0 amide bonds. The third-order valence-corrected chi connectivity index (χ3v) is 2.76. The molecule has 1 aliphatic heterocycles. The molecule has 17 heavy (non-hydrogen) atoms. The van der Waals surface area contributed by atoms with Gasteiger partial charge in [-0.25, -0.2) is 9.97 Å². The van der Waals surface area contributed by atoms with E-state index in [4.69, 9.17) is 4.74 Å². The van der Waals surface area contributed by atoms with Crippen molar-refractivity contribution >= 4 is 12.2 Å². The first-order valence-electron chi connectivity index (χ1n) is 5.62. The predicted molar refractivity (Wildman–Crippen MR) is 66.6 cm³/mol. The summed E-state index contributed by atoms with van der Waals surface area (Å²) in [7, 11) is 0. The monoisotopic (exact) mass is 224 g/mol. The van der Waals surface area contributed by atoms with Crippen LogP contribution in [-0.2, 0) is 6.42 Å². The molecule has 0 aliphatic carbocycles. The Balaban J connectivity index is 1.84. The van der Waals surface area contributed by atoms with Gasteiger partial charge in [-0.05, 0) is 35.4 Å². The highest BCUT2D eigenvalue weighted by atomic mass is 16.5. The van der Waals surface area contributed by atoms with Gasteiger partial charge in [0.15, 0.2) is 0 Å². The minimum Gasteiger partial charge on any atom is -0.493 e.